The minimum absolute atomic E-state index is 0.161. The van der Waals surface area contributed by atoms with Crippen LogP contribution in [0.5, 0.6) is 0 Å². The molecule has 2 aromatic heterocycles. The molecule has 0 N–H and O–H groups in total. The quantitative estimate of drug-likeness (QED) is 0.380. The first kappa shape index (κ1) is 15.5. The molecule has 0 aliphatic heterocycles. The van der Waals surface area contributed by atoms with Crippen LogP contribution in [0.1, 0.15) is 11.1 Å². The standard InChI is InChI=1S/C5HClIN3.C5H2ClN3/c6-5-9-2-3(1-8)4(7)10-5;6-5-8-2-4(1-7)3-9-5/h2H;2-3H. The van der Waals surface area contributed by atoms with E-state index in [1.165, 1.54) is 18.6 Å². The van der Waals surface area contributed by atoms with Crippen LogP contribution >= 0.6 is 45.8 Å². The summed E-state index contributed by atoms with van der Waals surface area (Å²) in [5, 5.41) is 17.0. The summed E-state index contributed by atoms with van der Waals surface area (Å²) in [6, 6.07) is 3.80. The fourth-order valence-corrected chi connectivity index (χ4v) is 1.65. The van der Waals surface area contributed by atoms with Gasteiger partial charge < -0.3 is 0 Å². The van der Waals surface area contributed by atoms with Crippen LogP contribution in [-0.4, -0.2) is 19.9 Å². The van der Waals surface area contributed by atoms with Crippen molar-refractivity contribution in [3.05, 3.63) is 44.0 Å². The highest BCUT2D eigenvalue weighted by molar-refractivity contribution is 14.1. The first-order valence-electron chi connectivity index (χ1n) is 4.52. The van der Waals surface area contributed by atoms with Gasteiger partial charge in [-0.05, 0) is 45.8 Å². The van der Waals surface area contributed by atoms with Gasteiger partial charge in [0.1, 0.15) is 21.4 Å². The minimum Gasteiger partial charge on any atom is -0.225 e. The van der Waals surface area contributed by atoms with E-state index in [0.717, 1.165) is 0 Å². The molecule has 19 heavy (non-hydrogen) atoms. The van der Waals surface area contributed by atoms with E-state index in [9.17, 15) is 0 Å². The lowest BCUT2D eigenvalue weighted by Gasteiger charge is -1.91. The number of hydrogen-bond donors (Lipinski definition) is 0. The number of halogens is 3. The van der Waals surface area contributed by atoms with Crippen LogP contribution in [0.25, 0.3) is 0 Å². The second kappa shape index (κ2) is 7.79. The van der Waals surface area contributed by atoms with Gasteiger partial charge in [0.25, 0.3) is 0 Å². The largest absolute Gasteiger partial charge is 0.225 e. The van der Waals surface area contributed by atoms with Crippen molar-refractivity contribution in [1.29, 1.82) is 10.5 Å². The molecule has 0 spiro atoms. The zero-order chi connectivity index (χ0) is 14.3. The van der Waals surface area contributed by atoms with Gasteiger partial charge in [-0.1, -0.05) is 0 Å². The van der Waals surface area contributed by atoms with Gasteiger partial charge in [0.2, 0.25) is 10.6 Å². The molecule has 0 atom stereocenters. The van der Waals surface area contributed by atoms with E-state index in [2.05, 4.69) is 19.9 Å². The van der Waals surface area contributed by atoms with E-state index in [4.69, 9.17) is 33.7 Å². The van der Waals surface area contributed by atoms with Crippen LogP contribution < -0.4 is 0 Å². The molecular formula is C10H3Cl2IN6. The van der Waals surface area contributed by atoms with Crippen molar-refractivity contribution in [2.24, 2.45) is 0 Å². The van der Waals surface area contributed by atoms with E-state index in [-0.39, 0.29) is 10.6 Å². The Balaban J connectivity index is 0.000000191. The van der Waals surface area contributed by atoms with Gasteiger partial charge in [0.15, 0.2) is 0 Å². The number of hydrogen-bond acceptors (Lipinski definition) is 6. The first-order chi connectivity index (χ1) is 9.06. The highest BCUT2D eigenvalue weighted by Gasteiger charge is 2.00. The summed E-state index contributed by atoms with van der Waals surface area (Å²) in [5.74, 6) is 0. The fourth-order valence-electron chi connectivity index (χ4n) is 0.786. The van der Waals surface area contributed by atoms with Gasteiger partial charge in [0.05, 0.1) is 11.8 Å². The van der Waals surface area contributed by atoms with Crippen LogP contribution in [-0.2, 0) is 0 Å². The zero-order valence-electron chi connectivity index (χ0n) is 9.05. The van der Waals surface area contributed by atoms with Crippen molar-refractivity contribution < 1.29 is 0 Å². The molecule has 0 aliphatic rings. The summed E-state index contributed by atoms with van der Waals surface area (Å²) in [6.45, 7) is 0. The lowest BCUT2D eigenvalue weighted by molar-refractivity contribution is 1.12. The molecule has 2 heterocycles. The third-order valence-electron chi connectivity index (χ3n) is 1.58. The van der Waals surface area contributed by atoms with Crippen molar-refractivity contribution in [2.75, 3.05) is 0 Å². The molecule has 0 aliphatic carbocycles. The normalized spacial score (nSPS) is 8.68. The van der Waals surface area contributed by atoms with Gasteiger partial charge >= 0.3 is 0 Å². The lowest BCUT2D eigenvalue weighted by Crippen LogP contribution is -1.89. The summed E-state index contributed by atoms with van der Waals surface area (Å²) >= 11 is 12.7. The molecular weight excluding hydrogens is 402 g/mol. The van der Waals surface area contributed by atoms with Crippen molar-refractivity contribution >= 4 is 45.8 Å². The Morgan fingerprint density at radius 1 is 0.947 bits per heavy atom. The van der Waals surface area contributed by atoms with Gasteiger partial charge in [-0.25, -0.2) is 19.9 Å². The smallest absolute Gasteiger partial charge is 0.223 e. The molecule has 2 aromatic rings. The van der Waals surface area contributed by atoms with Crippen molar-refractivity contribution in [1.82, 2.24) is 19.9 Å². The first-order valence-corrected chi connectivity index (χ1v) is 6.36. The molecule has 0 aromatic carbocycles. The Morgan fingerprint density at radius 2 is 1.53 bits per heavy atom. The van der Waals surface area contributed by atoms with Crippen molar-refractivity contribution in [2.45, 2.75) is 0 Å². The highest BCUT2D eigenvalue weighted by atomic mass is 127. The second-order valence-electron chi connectivity index (χ2n) is 2.81. The Hall–Kier alpha value is -1.55. The van der Waals surface area contributed by atoms with E-state index < -0.39 is 0 Å². The molecule has 0 amide bonds. The van der Waals surface area contributed by atoms with Gasteiger partial charge in [-0.3, -0.25) is 0 Å². The average molecular weight is 405 g/mol. The summed E-state index contributed by atoms with van der Waals surface area (Å²) in [7, 11) is 0. The molecule has 9 heteroatoms. The Bertz CT molecular complexity index is 647. The second-order valence-corrected chi connectivity index (χ2v) is 4.51. The van der Waals surface area contributed by atoms with Gasteiger partial charge in [0, 0.05) is 12.4 Å². The predicted octanol–water partition coefficient (Wildman–Crippen LogP) is 2.61. The maximum atomic E-state index is 8.43. The molecule has 0 fully saturated rings. The Morgan fingerprint density at radius 3 is 2.00 bits per heavy atom. The number of aromatic nitrogens is 4. The van der Waals surface area contributed by atoms with Crippen LogP contribution in [0.2, 0.25) is 10.6 Å². The fraction of sp³-hybridized carbons (Fsp3) is 0. The maximum Gasteiger partial charge on any atom is 0.223 e. The third kappa shape index (κ3) is 5.30. The Labute approximate surface area is 132 Å². The van der Waals surface area contributed by atoms with Crippen LogP contribution in [0, 0.1) is 26.4 Å². The molecule has 0 saturated heterocycles. The number of nitriles is 2. The Kier molecular flexibility index (Phi) is 6.36. The average Bonchev–Trinajstić information content (AvgIpc) is 2.40. The van der Waals surface area contributed by atoms with Crippen molar-refractivity contribution in [3.8, 4) is 12.1 Å². The molecule has 0 radical (unpaired) electrons. The van der Waals surface area contributed by atoms with Crippen molar-refractivity contribution in [3.63, 3.8) is 0 Å². The van der Waals surface area contributed by atoms with E-state index in [1.54, 1.807) is 0 Å². The molecule has 6 nitrogen and oxygen atoms in total. The zero-order valence-corrected chi connectivity index (χ0v) is 12.7. The topological polar surface area (TPSA) is 99.1 Å². The summed E-state index contributed by atoms with van der Waals surface area (Å²) < 4.78 is 0.583. The molecule has 94 valence electrons. The van der Waals surface area contributed by atoms with Gasteiger partial charge in [-0.15, -0.1) is 0 Å². The van der Waals surface area contributed by atoms with Crippen LogP contribution in [0.4, 0.5) is 0 Å². The van der Waals surface area contributed by atoms with Crippen LogP contribution in [0.15, 0.2) is 18.6 Å². The minimum atomic E-state index is 0.161. The van der Waals surface area contributed by atoms with E-state index >= 15 is 0 Å². The summed E-state index contributed by atoms with van der Waals surface area (Å²) in [5.41, 5.74) is 0.865. The molecule has 0 bridgehead atoms. The monoisotopic (exact) mass is 404 g/mol. The van der Waals surface area contributed by atoms with E-state index in [1.807, 2.05) is 34.7 Å². The lowest BCUT2D eigenvalue weighted by atomic mass is 10.4. The maximum absolute atomic E-state index is 8.43. The number of rotatable bonds is 0. The summed E-state index contributed by atoms with van der Waals surface area (Å²) in [6.07, 6.45) is 4.14. The number of nitrogens with zero attached hydrogens (tertiary/aromatic N) is 6. The summed E-state index contributed by atoms with van der Waals surface area (Å²) in [4.78, 5) is 14.6. The third-order valence-corrected chi connectivity index (χ3v) is 2.78. The van der Waals surface area contributed by atoms with E-state index in [0.29, 0.717) is 14.8 Å². The molecule has 0 unspecified atom stereocenters. The predicted molar refractivity (Wildman–Crippen MR) is 76.2 cm³/mol. The van der Waals surface area contributed by atoms with Gasteiger partial charge in [-0.2, -0.15) is 10.5 Å². The molecule has 2 rings (SSSR count). The SMILES string of the molecule is N#Cc1cnc(Cl)nc1.N#Cc1cnc(Cl)nc1I. The highest BCUT2D eigenvalue weighted by Crippen LogP contribution is 2.08. The van der Waals surface area contributed by atoms with Crippen LogP contribution in [0.3, 0.4) is 0 Å². The molecule has 0 saturated carbocycles.